The average molecular weight is 212 g/mol. The molecule has 0 spiro atoms. The minimum absolute atomic E-state index is 0.431. The van der Waals surface area contributed by atoms with E-state index in [9.17, 15) is 0 Å². The van der Waals surface area contributed by atoms with E-state index < -0.39 is 0 Å². The third kappa shape index (κ3) is 1.32. The molecule has 0 radical (unpaired) electrons. The van der Waals surface area contributed by atoms with Gasteiger partial charge in [0.05, 0.1) is 0 Å². The number of benzene rings is 1. The molecule has 8 nitrogen and oxygen atoms in total. The Kier molecular flexibility index (Phi) is 1.89. The van der Waals surface area contributed by atoms with Crippen molar-refractivity contribution in [1.82, 2.24) is 41.2 Å². The van der Waals surface area contributed by atoms with Crippen LogP contribution in [-0.4, -0.2) is 31.1 Å². The fraction of sp³-hybridized carbons (Fsp3) is 0. The number of hydrogen-bond donors (Lipinski definition) is 0. The highest BCUT2D eigenvalue weighted by Gasteiger charge is 2.04. The van der Waals surface area contributed by atoms with E-state index in [0.29, 0.717) is 11.6 Å². The first kappa shape index (κ1) is 8.65. The fourth-order valence-electron chi connectivity index (χ4n) is 1.38. The zero-order valence-electron chi connectivity index (χ0n) is 7.89. The summed E-state index contributed by atoms with van der Waals surface area (Å²) in [6, 6.07) is 7.40. The summed E-state index contributed by atoms with van der Waals surface area (Å²) in [6.07, 6.45) is 0. The van der Waals surface area contributed by atoms with Crippen LogP contribution in [0.5, 0.6) is 0 Å². The van der Waals surface area contributed by atoms with E-state index in [-0.39, 0.29) is 0 Å². The minimum Gasteiger partial charge on any atom is -0.330 e. The highest BCUT2D eigenvalue weighted by Crippen LogP contribution is 2.25. The van der Waals surface area contributed by atoms with E-state index in [1.165, 1.54) is 0 Å². The topological polar surface area (TPSA) is 106 Å². The molecule has 0 aliphatic heterocycles. The molecule has 0 N–H and O–H groups in total. The van der Waals surface area contributed by atoms with E-state index in [1.807, 2.05) is 24.3 Å². The van der Waals surface area contributed by atoms with Crippen LogP contribution < -0.4 is 10.2 Å². The second-order valence-corrected chi connectivity index (χ2v) is 2.95. The second-order valence-electron chi connectivity index (χ2n) is 2.95. The molecule has 0 atom stereocenters. The molecule has 3 aromatic rings. The summed E-state index contributed by atoms with van der Waals surface area (Å²) >= 11 is 0. The van der Waals surface area contributed by atoms with Gasteiger partial charge in [-0.2, -0.15) is 10.4 Å². The predicted octanol–water partition coefficient (Wildman–Crippen LogP) is -0.695. The molecule has 1 aromatic carbocycles. The van der Waals surface area contributed by atoms with E-state index >= 15 is 0 Å². The lowest BCUT2D eigenvalue weighted by atomic mass is 10.1. The van der Waals surface area contributed by atoms with Crippen molar-refractivity contribution in [3.63, 3.8) is 0 Å². The van der Waals surface area contributed by atoms with Crippen LogP contribution in [-0.2, 0) is 0 Å². The van der Waals surface area contributed by atoms with Crippen LogP contribution in [0, 0.1) is 0 Å². The van der Waals surface area contributed by atoms with Gasteiger partial charge >= 0.3 is 0 Å². The largest absolute Gasteiger partial charge is 0.330 e. The summed E-state index contributed by atoms with van der Waals surface area (Å²) in [5.74, 6) is 0.862. The smallest absolute Gasteiger partial charge is 0.0403 e. The van der Waals surface area contributed by atoms with Crippen LogP contribution in [0.3, 0.4) is 0 Å². The van der Waals surface area contributed by atoms with Crippen LogP contribution in [0.2, 0.25) is 0 Å². The molecular formula is C8H4N8-2. The quantitative estimate of drug-likeness (QED) is 0.549. The van der Waals surface area contributed by atoms with Gasteiger partial charge in [-0.25, -0.2) is 0 Å². The van der Waals surface area contributed by atoms with Crippen LogP contribution in [0.15, 0.2) is 24.3 Å². The van der Waals surface area contributed by atoms with Gasteiger partial charge in [-0.1, -0.05) is 24.3 Å². The van der Waals surface area contributed by atoms with Gasteiger partial charge in [0.15, 0.2) is 0 Å². The molecule has 0 fully saturated rings. The SMILES string of the molecule is c1ccc(-c2nnn[n-]2)c(-c2nnn[n-]2)c1. The summed E-state index contributed by atoms with van der Waals surface area (Å²) in [5, 5.41) is 28.9. The molecule has 2 aromatic heterocycles. The molecule has 0 aliphatic carbocycles. The Morgan fingerprint density at radius 1 is 0.750 bits per heavy atom. The van der Waals surface area contributed by atoms with Gasteiger partial charge in [0.1, 0.15) is 0 Å². The summed E-state index contributed by atoms with van der Waals surface area (Å²) in [4.78, 5) is 0. The monoisotopic (exact) mass is 212 g/mol. The van der Waals surface area contributed by atoms with Crippen LogP contribution >= 0.6 is 0 Å². The highest BCUT2D eigenvalue weighted by atomic mass is 15.5. The molecule has 0 amide bonds. The molecule has 0 unspecified atom stereocenters. The van der Waals surface area contributed by atoms with Crippen LogP contribution in [0.25, 0.3) is 22.8 Å². The maximum atomic E-state index is 3.79. The van der Waals surface area contributed by atoms with Gasteiger partial charge in [-0.3, -0.25) is 20.6 Å². The van der Waals surface area contributed by atoms with Gasteiger partial charge in [-0.05, 0) is 11.1 Å². The third-order valence-electron chi connectivity index (χ3n) is 2.05. The normalized spacial score (nSPS) is 10.5. The molecule has 78 valence electrons. The van der Waals surface area contributed by atoms with Crippen molar-refractivity contribution in [2.45, 2.75) is 0 Å². The predicted molar refractivity (Wildman–Crippen MR) is 50.7 cm³/mol. The second kappa shape index (κ2) is 3.50. The zero-order valence-corrected chi connectivity index (χ0v) is 7.89. The molecule has 0 saturated carbocycles. The summed E-state index contributed by atoms with van der Waals surface area (Å²) in [7, 11) is 0. The number of rotatable bonds is 2. The minimum atomic E-state index is 0.431. The van der Waals surface area contributed by atoms with E-state index in [0.717, 1.165) is 11.1 Å². The standard InChI is InChI=1S/C8H4N8/c1-2-4-6(8-11-15-16-12-8)5(3-1)7-9-13-14-10-7/h1-4H/q-2. The van der Waals surface area contributed by atoms with Gasteiger partial charge in [0.25, 0.3) is 0 Å². The van der Waals surface area contributed by atoms with Crippen molar-refractivity contribution in [1.29, 1.82) is 0 Å². The lowest BCUT2D eigenvalue weighted by Gasteiger charge is -2.08. The number of hydrogen-bond acceptors (Lipinski definition) is 6. The van der Waals surface area contributed by atoms with Gasteiger partial charge in [-0.15, -0.1) is 0 Å². The van der Waals surface area contributed by atoms with Crippen molar-refractivity contribution in [2.24, 2.45) is 0 Å². The Morgan fingerprint density at radius 3 is 1.62 bits per heavy atom. The summed E-state index contributed by atoms with van der Waals surface area (Å²) in [5.41, 5.74) is 1.50. The van der Waals surface area contributed by atoms with Gasteiger partial charge in [0, 0.05) is 11.6 Å². The number of nitrogens with zero attached hydrogens (tertiary/aromatic N) is 8. The Labute approximate surface area is 89.1 Å². The van der Waals surface area contributed by atoms with Crippen LogP contribution in [0.1, 0.15) is 0 Å². The number of aromatic nitrogens is 8. The summed E-state index contributed by atoms with van der Waals surface area (Å²) in [6.45, 7) is 0. The van der Waals surface area contributed by atoms with Gasteiger partial charge < -0.3 is 10.2 Å². The Bertz CT molecular complexity index is 517. The van der Waals surface area contributed by atoms with Crippen molar-refractivity contribution < 1.29 is 0 Å². The zero-order chi connectivity index (χ0) is 10.8. The summed E-state index contributed by atoms with van der Waals surface area (Å²) < 4.78 is 0. The first-order valence-corrected chi connectivity index (χ1v) is 4.42. The molecule has 2 heterocycles. The van der Waals surface area contributed by atoms with Crippen molar-refractivity contribution in [3.05, 3.63) is 24.3 Å². The van der Waals surface area contributed by atoms with Gasteiger partial charge in [0.2, 0.25) is 0 Å². The average Bonchev–Trinajstić information content (AvgIpc) is 3.03. The van der Waals surface area contributed by atoms with Crippen molar-refractivity contribution >= 4 is 0 Å². The third-order valence-corrected chi connectivity index (χ3v) is 2.05. The molecule has 16 heavy (non-hydrogen) atoms. The maximum absolute atomic E-state index is 3.79. The Hall–Kier alpha value is -2.64. The molecule has 3 rings (SSSR count). The number of tetrazole rings is 2. The van der Waals surface area contributed by atoms with Crippen molar-refractivity contribution in [2.75, 3.05) is 0 Å². The lowest BCUT2D eigenvalue weighted by Crippen LogP contribution is -1.90. The Morgan fingerprint density at radius 2 is 1.25 bits per heavy atom. The highest BCUT2D eigenvalue weighted by molar-refractivity contribution is 5.75. The van der Waals surface area contributed by atoms with E-state index in [4.69, 9.17) is 0 Å². The van der Waals surface area contributed by atoms with E-state index in [1.54, 1.807) is 0 Å². The molecule has 0 aliphatic rings. The molecule has 8 heteroatoms. The molecular weight excluding hydrogens is 208 g/mol. The lowest BCUT2D eigenvalue weighted by molar-refractivity contribution is 0.871. The fourth-order valence-corrected chi connectivity index (χ4v) is 1.38. The van der Waals surface area contributed by atoms with E-state index in [2.05, 4.69) is 41.2 Å². The molecule has 0 saturated heterocycles. The maximum Gasteiger partial charge on any atom is 0.0403 e. The molecule has 0 bridgehead atoms. The Balaban J connectivity index is 2.19. The van der Waals surface area contributed by atoms with Crippen LogP contribution in [0.4, 0.5) is 0 Å². The van der Waals surface area contributed by atoms with Crippen molar-refractivity contribution in [3.8, 4) is 22.8 Å². The first-order chi connectivity index (χ1) is 7.95. The first-order valence-electron chi connectivity index (χ1n) is 4.42.